The fraction of sp³-hybridized carbons (Fsp3) is 0.107. The zero-order chi connectivity index (χ0) is 38.5. The van der Waals surface area contributed by atoms with Crippen molar-refractivity contribution in [2.45, 2.75) is 38.5 Å². The van der Waals surface area contributed by atoms with Crippen LogP contribution >= 0.6 is 0 Å². The lowest BCUT2D eigenvalue weighted by molar-refractivity contribution is 0.660. The van der Waals surface area contributed by atoms with Gasteiger partial charge in [0.2, 0.25) is 0 Å². The van der Waals surface area contributed by atoms with Gasteiger partial charge in [0.25, 0.3) is 0 Å². The highest BCUT2D eigenvalue weighted by Gasteiger charge is 2.40. The van der Waals surface area contributed by atoms with Crippen LogP contribution in [0.4, 0.5) is 17.1 Å². The molecule has 272 valence electrons. The second-order valence-electron chi connectivity index (χ2n) is 17.0. The van der Waals surface area contributed by atoms with Gasteiger partial charge in [0.1, 0.15) is 0 Å². The molecule has 0 amide bonds. The van der Waals surface area contributed by atoms with Crippen molar-refractivity contribution in [1.82, 2.24) is 0 Å². The Morgan fingerprint density at radius 3 is 1.67 bits per heavy atom. The van der Waals surface area contributed by atoms with Crippen LogP contribution in [0.1, 0.15) is 49.9 Å². The third-order valence-electron chi connectivity index (χ3n) is 13.0. The molecule has 0 spiro atoms. The van der Waals surface area contributed by atoms with E-state index < -0.39 is 0 Å². The summed E-state index contributed by atoms with van der Waals surface area (Å²) in [6.07, 6.45) is 0. The zero-order valence-electron chi connectivity index (χ0n) is 32.8. The highest BCUT2D eigenvalue weighted by Crippen LogP contribution is 2.57. The van der Waals surface area contributed by atoms with Crippen molar-refractivity contribution >= 4 is 38.6 Å². The van der Waals surface area contributed by atoms with Crippen molar-refractivity contribution in [2.24, 2.45) is 0 Å². The predicted molar refractivity (Wildman–Crippen MR) is 242 cm³/mol. The molecule has 2 aliphatic rings. The highest BCUT2D eigenvalue weighted by molar-refractivity contribution is 6.06. The summed E-state index contributed by atoms with van der Waals surface area (Å²) >= 11 is 0. The monoisotopic (exact) mass is 729 g/mol. The molecule has 0 saturated heterocycles. The van der Waals surface area contributed by atoms with Crippen LogP contribution < -0.4 is 4.90 Å². The van der Waals surface area contributed by atoms with Crippen LogP contribution in [0, 0.1) is 0 Å². The van der Waals surface area contributed by atoms with Gasteiger partial charge in [0.05, 0.1) is 0 Å². The van der Waals surface area contributed by atoms with E-state index in [-0.39, 0.29) is 10.8 Å². The smallest absolute Gasteiger partial charge is 0.0465 e. The summed E-state index contributed by atoms with van der Waals surface area (Å²) in [6, 6.07) is 70.0. The number of fused-ring (bicyclic) bond motifs is 9. The average molecular weight is 730 g/mol. The molecule has 1 heteroatoms. The molecule has 57 heavy (non-hydrogen) atoms. The lowest BCUT2D eigenvalue weighted by Gasteiger charge is -2.30. The molecule has 0 atom stereocenters. The van der Waals surface area contributed by atoms with E-state index in [4.69, 9.17) is 0 Å². The SMILES string of the molecule is CC1(C)c2ccccc2-c2ccc(N(c3ccc(-c4ccccc4)cc3)c3ccc4c(c3)C(C)(C)c3c-4c(-c4ccc5ccccc5c4)cc4ccccc34)cc21. The van der Waals surface area contributed by atoms with Gasteiger partial charge in [0.15, 0.2) is 0 Å². The fourth-order valence-electron chi connectivity index (χ4n) is 10.1. The summed E-state index contributed by atoms with van der Waals surface area (Å²) in [6.45, 7) is 9.58. The lowest BCUT2D eigenvalue weighted by atomic mass is 9.79. The maximum absolute atomic E-state index is 2.48. The fourth-order valence-corrected chi connectivity index (χ4v) is 10.1. The third kappa shape index (κ3) is 5.08. The number of hydrogen-bond donors (Lipinski definition) is 0. The molecule has 0 aliphatic heterocycles. The van der Waals surface area contributed by atoms with Crippen LogP contribution in [0.25, 0.3) is 66.1 Å². The molecule has 0 aromatic heterocycles. The number of rotatable bonds is 5. The molecule has 0 heterocycles. The van der Waals surface area contributed by atoms with E-state index in [9.17, 15) is 0 Å². The van der Waals surface area contributed by atoms with Gasteiger partial charge in [-0.3, -0.25) is 0 Å². The normalized spacial score (nSPS) is 14.2. The number of anilines is 3. The minimum absolute atomic E-state index is 0.105. The molecule has 0 bridgehead atoms. The molecule has 0 radical (unpaired) electrons. The van der Waals surface area contributed by atoms with Gasteiger partial charge >= 0.3 is 0 Å². The van der Waals surface area contributed by atoms with Crippen molar-refractivity contribution in [3.05, 3.63) is 210 Å². The Kier molecular flexibility index (Phi) is 7.32. The summed E-state index contributed by atoms with van der Waals surface area (Å²) < 4.78 is 0. The van der Waals surface area contributed by atoms with E-state index in [0.717, 1.165) is 17.1 Å². The minimum atomic E-state index is -0.239. The van der Waals surface area contributed by atoms with E-state index in [0.29, 0.717) is 0 Å². The first kappa shape index (κ1) is 33.6. The van der Waals surface area contributed by atoms with E-state index in [1.165, 1.54) is 88.3 Å². The quantitative estimate of drug-likeness (QED) is 0.170. The van der Waals surface area contributed by atoms with E-state index in [2.05, 4.69) is 221 Å². The van der Waals surface area contributed by atoms with Gasteiger partial charge < -0.3 is 4.90 Å². The van der Waals surface area contributed by atoms with Crippen LogP contribution in [0.3, 0.4) is 0 Å². The van der Waals surface area contributed by atoms with Gasteiger partial charge in [-0.15, -0.1) is 0 Å². The molecule has 0 N–H and O–H groups in total. The number of benzene rings is 9. The first-order valence-corrected chi connectivity index (χ1v) is 20.2. The Bertz CT molecular complexity index is 3060. The molecule has 0 saturated carbocycles. The van der Waals surface area contributed by atoms with Crippen molar-refractivity contribution in [3.8, 4) is 44.5 Å². The maximum atomic E-state index is 2.48. The standard InChI is InChI=1S/C56H43N/c1-55(2)50-21-13-12-20-46(50)47-30-28-43(34-51(47)55)57(42-26-24-38(25-27-42)36-14-6-5-7-15-36)44-29-31-48-52(35-44)56(3,4)54-45-19-11-10-18-40(45)33-49(53(48)54)41-23-22-37-16-8-9-17-39(37)32-41/h5-35H,1-4H3. The molecular formula is C56H43N. The summed E-state index contributed by atoms with van der Waals surface area (Å²) in [5, 5.41) is 5.13. The molecule has 11 rings (SSSR count). The highest BCUT2D eigenvalue weighted by atomic mass is 15.1. The molecular weight excluding hydrogens is 687 g/mol. The van der Waals surface area contributed by atoms with Gasteiger partial charge in [-0.05, 0) is 137 Å². The number of nitrogens with zero attached hydrogens (tertiary/aromatic N) is 1. The van der Waals surface area contributed by atoms with Crippen LogP contribution in [0.5, 0.6) is 0 Å². The Labute approximate surface area is 335 Å². The van der Waals surface area contributed by atoms with E-state index in [1.807, 2.05) is 0 Å². The molecule has 9 aromatic rings. The molecule has 0 unspecified atom stereocenters. The van der Waals surface area contributed by atoms with Crippen molar-refractivity contribution in [2.75, 3.05) is 4.90 Å². The summed E-state index contributed by atoms with van der Waals surface area (Å²) in [4.78, 5) is 2.47. The van der Waals surface area contributed by atoms with Crippen LogP contribution in [0.15, 0.2) is 188 Å². The Hall–Kier alpha value is -6.70. The topological polar surface area (TPSA) is 3.24 Å². The summed E-state index contributed by atoms with van der Waals surface area (Å²) in [5.74, 6) is 0. The zero-order valence-corrected chi connectivity index (χ0v) is 32.8. The van der Waals surface area contributed by atoms with Gasteiger partial charge in [-0.2, -0.15) is 0 Å². The maximum Gasteiger partial charge on any atom is 0.0465 e. The summed E-state index contributed by atoms with van der Waals surface area (Å²) in [7, 11) is 0. The predicted octanol–water partition coefficient (Wildman–Crippen LogP) is 15.4. The molecule has 1 nitrogen and oxygen atoms in total. The van der Waals surface area contributed by atoms with Crippen molar-refractivity contribution in [3.63, 3.8) is 0 Å². The molecule has 2 aliphatic carbocycles. The first-order chi connectivity index (χ1) is 27.8. The second kappa shape index (κ2) is 12.4. The Balaban J connectivity index is 1.11. The first-order valence-electron chi connectivity index (χ1n) is 20.2. The minimum Gasteiger partial charge on any atom is -0.310 e. The average Bonchev–Trinajstić information content (AvgIpc) is 3.63. The van der Waals surface area contributed by atoms with Crippen LogP contribution in [-0.2, 0) is 10.8 Å². The largest absolute Gasteiger partial charge is 0.310 e. The van der Waals surface area contributed by atoms with E-state index in [1.54, 1.807) is 0 Å². The van der Waals surface area contributed by atoms with Crippen LogP contribution in [-0.4, -0.2) is 0 Å². The lowest BCUT2D eigenvalue weighted by Crippen LogP contribution is -2.18. The van der Waals surface area contributed by atoms with Crippen molar-refractivity contribution < 1.29 is 0 Å². The van der Waals surface area contributed by atoms with Gasteiger partial charge in [-0.25, -0.2) is 0 Å². The molecule has 0 fully saturated rings. The van der Waals surface area contributed by atoms with E-state index >= 15 is 0 Å². The summed E-state index contributed by atoms with van der Waals surface area (Å²) in [5.41, 5.74) is 19.0. The molecule has 9 aromatic carbocycles. The Morgan fingerprint density at radius 1 is 0.333 bits per heavy atom. The van der Waals surface area contributed by atoms with Gasteiger partial charge in [0, 0.05) is 27.9 Å². The van der Waals surface area contributed by atoms with Gasteiger partial charge in [-0.1, -0.05) is 167 Å². The van der Waals surface area contributed by atoms with Crippen LogP contribution in [0.2, 0.25) is 0 Å². The third-order valence-corrected chi connectivity index (χ3v) is 13.0. The second-order valence-corrected chi connectivity index (χ2v) is 17.0. The Morgan fingerprint density at radius 2 is 0.895 bits per heavy atom. The number of hydrogen-bond acceptors (Lipinski definition) is 1. The van der Waals surface area contributed by atoms with Crippen molar-refractivity contribution in [1.29, 1.82) is 0 Å².